The second-order valence-corrected chi connectivity index (χ2v) is 9.18. The second-order valence-electron chi connectivity index (χ2n) is 3.79. The molecule has 17 heavy (non-hydrogen) atoms. The lowest BCUT2D eigenvalue weighted by Gasteiger charge is -1.98. The molecule has 1 saturated carbocycles. The Balaban J connectivity index is 0.000000437. The highest BCUT2D eigenvalue weighted by Crippen LogP contribution is 2.30. The van der Waals surface area contributed by atoms with Crippen molar-refractivity contribution < 1.29 is 34.4 Å². The third-order valence-corrected chi connectivity index (χ3v) is 5.12. The van der Waals surface area contributed by atoms with Crippen LogP contribution >= 0.6 is 0 Å². The van der Waals surface area contributed by atoms with Crippen LogP contribution in [-0.2, 0) is 30.1 Å². The van der Waals surface area contributed by atoms with Crippen LogP contribution in [0.5, 0.6) is 0 Å². The van der Waals surface area contributed by atoms with Gasteiger partial charge in [0.05, 0.1) is 12.0 Å². The minimum absolute atomic E-state index is 0.108. The van der Waals surface area contributed by atoms with Gasteiger partial charge in [0.15, 0.2) is 14.9 Å². The molecule has 0 aromatic rings. The van der Waals surface area contributed by atoms with Crippen molar-refractivity contribution in [3.05, 3.63) is 0 Å². The van der Waals surface area contributed by atoms with Crippen molar-refractivity contribution in [2.45, 2.75) is 12.8 Å². The molecule has 11 heteroatoms. The molecule has 0 aromatic heterocycles. The molecule has 0 bridgehead atoms. The largest absolute Gasteiger partial charge is 0.286 e. The van der Waals surface area contributed by atoms with Crippen LogP contribution in [0.3, 0.4) is 0 Å². The highest BCUT2D eigenvalue weighted by Gasteiger charge is 2.30. The molecule has 0 unspecified atom stereocenters. The summed E-state index contributed by atoms with van der Waals surface area (Å²) in [6, 6.07) is 0. The molecule has 1 aliphatic carbocycles. The van der Waals surface area contributed by atoms with Gasteiger partial charge in [0.1, 0.15) is 0 Å². The fraction of sp³-hybridized carbons (Fsp3) is 1.00. The first-order valence-electron chi connectivity index (χ1n) is 4.36. The van der Waals surface area contributed by atoms with E-state index in [1.54, 1.807) is 0 Å². The Labute approximate surface area is 100 Å². The monoisotopic (exact) mass is 310 g/mol. The summed E-state index contributed by atoms with van der Waals surface area (Å²) >= 11 is 0. The first-order chi connectivity index (χ1) is 7.29. The predicted molar refractivity (Wildman–Crippen MR) is 60.4 cm³/mol. The fourth-order valence-corrected chi connectivity index (χ4v) is 4.17. The Kier molecular flexibility index (Phi) is 5.53. The van der Waals surface area contributed by atoms with Gasteiger partial charge in [-0.1, -0.05) is 0 Å². The Bertz CT molecular complexity index is 528. The molecule has 104 valence electrons. The summed E-state index contributed by atoms with van der Waals surface area (Å²) in [4.78, 5) is 0. The van der Waals surface area contributed by atoms with Crippen LogP contribution < -0.4 is 0 Å². The molecular weight excluding hydrogens is 296 g/mol. The third-order valence-electron chi connectivity index (χ3n) is 1.52. The van der Waals surface area contributed by atoms with E-state index in [9.17, 15) is 25.3 Å². The third kappa shape index (κ3) is 15.8. The van der Waals surface area contributed by atoms with Gasteiger partial charge in [0, 0.05) is 0 Å². The average Bonchev–Trinajstić information content (AvgIpc) is 2.58. The van der Waals surface area contributed by atoms with Crippen molar-refractivity contribution in [3.63, 3.8) is 0 Å². The molecule has 0 aromatic carbocycles. The lowest BCUT2D eigenvalue weighted by Crippen LogP contribution is -2.19. The molecule has 0 aliphatic heterocycles. The molecule has 0 heterocycles. The molecule has 0 radical (unpaired) electrons. The molecule has 8 nitrogen and oxygen atoms in total. The predicted octanol–water partition coefficient (Wildman–Crippen LogP) is -0.839. The van der Waals surface area contributed by atoms with Gasteiger partial charge >= 0.3 is 0 Å². The Hall–Kier alpha value is -0.230. The standard InChI is InChI=1S/C5H10O5S2.CH4O3S/c6-11(7,3-5-1-2-5)4-12(8,9)10;1-5(2,3)4/h5H,1-4H2,(H,8,9,10);1H3,(H,2,3,4). The number of sulfone groups is 1. The summed E-state index contributed by atoms with van der Waals surface area (Å²) < 4.78 is 76.5. The van der Waals surface area contributed by atoms with Crippen molar-refractivity contribution >= 4 is 30.1 Å². The smallest absolute Gasteiger partial charge is 0.279 e. The fourth-order valence-electron chi connectivity index (χ4n) is 0.919. The first kappa shape index (κ1) is 16.8. The zero-order valence-electron chi connectivity index (χ0n) is 8.97. The van der Waals surface area contributed by atoms with Crippen LogP contribution in [0.4, 0.5) is 0 Å². The summed E-state index contributed by atoms with van der Waals surface area (Å²) in [7, 11) is -11.7. The van der Waals surface area contributed by atoms with Gasteiger partial charge < -0.3 is 0 Å². The average molecular weight is 310 g/mol. The maximum Gasteiger partial charge on any atom is 0.279 e. The maximum absolute atomic E-state index is 11.0. The van der Waals surface area contributed by atoms with E-state index in [0.29, 0.717) is 6.26 Å². The van der Waals surface area contributed by atoms with Crippen LogP contribution in [0.25, 0.3) is 0 Å². The van der Waals surface area contributed by atoms with E-state index in [1.807, 2.05) is 0 Å². The summed E-state index contributed by atoms with van der Waals surface area (Å²) in [6.07, 6.45) is 2.39. The van der Waals surface area contributed by atoms with Gasteiger partial charge in [-0.3, -0.25) is 9.11 Å². The lowest BCUT2D eigenvalue weighted by atomic mass is 10.5. The Morgan fingerprint density at radius 2 is 1.35 bits per heavy atom. The van der Waals surface area contributed by atoms with E-state index in [2.05, 4.69) is 0 Å². The van der Waals surface area contributed by atoms with Crippen LogP contribution in [0, 0.1) is 5.92 Å². The van der Waals surface area contributed by atoms with Crippen LogP contribution in [0.1, 0.15) is 12.8 Å². The number of hydrogen-bond donors (Lipinski definition) is 2. The maximum atomic E-state index is 11.0. The minimum Gasteiger partial charge on any atom is -0.286 e. The number of rotatable bonds is 4. The Morgan fingerprint density at radius 3 is 1.59 bits per heavy atom. The summed E-state index contributed by atoms with van der Waals surface area (Å²) in [5, 5.41) is -1.14. The van der Waals surface area contributed by atoms with Crippen molar-refractivity contribution in [2.24, 2.45) is 5.92 Å². The molecule has 0 atom stereocenters. The SMILES string of the molecule is CS(=O)(=O)O.O=S(=O)(O)CS(=O)(=O)CC1CC1. The van der Waals surface area contributed by atoms with Crippen LogP contribution in [-0.4, -0.2) is 51.5 Å². The summed E-state index contributed by atoms with van der Waals surface area (Å²) in [6.45, 7) is 0. The van der Waals surface area contributed by atoms with E-state index < -0.39 is 35.2 Å². The molecule has 0 spiro atoms. The van der Waals surface area contributed by atoms with Gasteiger partial charge in [0.25, 0.3) is 20.2 Å². The highest BCUT2D eigenvalue weighted by molar-refractivity contribution is 8.05. The van der Waals surface area contributed by atoms with E-state index >= 15 is 0 Å². The number of hydrogen-bond acceptors (Lipinski definition) is 6. The highest BCUT2D eigenvalue weighted by atomic mass is 32.3. The lowest BCUT2D eigenvalue weighted by molar-refractivity contribution is 0.486. The van der Waals surface area contributed by atoms with Gasteiger partial charge in [-0.15, -0.1) is 0 Å². The van der Waals surface area contributed by atoms with E-state index in [4.69, 9.17) is 9.11 Å². The summed E-state index contributed by atoms with van der Waals surface area (Å²) in [5.41, 5.74) is 0. The zero-order valence-corrected chi connectivity index (χ0v) is 11.4. The molecule has 0 saturated heterocycles. The molecule has 1 fully saturated rings. The second kappa shape index (κ2) is 5.61. The van der Waals surface area contributed by atoms with Crippen molar-refractivity contribution in [1.82, 2.24) is 0 Å². The van der Waals surface area contributed by atoms with Gasteiger partial charge in [-0.2, -0.15) is 16.8 Å². The zero-order chi connectivity index (χ0) is 13.9. The minimum atomic E-state index is -4.39. The van der Waals surface area contributed by atoms with Crippen molar-refractivity contribution in [3.8, 4) is 0 Å². The van der Waals surface area contributed by atoms with Crippen LogP contribution in [0.15, 0.2) is 0 Å². The molecule has 2 N–H and O–H groups in total. The van der Waals surface area contributed by atoms with Gasteiger partial charge in [0.2, 0.25) is 0 Å². The summed E-state index contributed by atoms with van der Waals surface area (Å²) in [5.74, 6) is -0.0102. The topological polar surface area (TPSA) is 143 Å². The van der Waals surface area contributed by atoms with Crippen LogP contribution in [0.2, 0.25) is 0 Å². The van der Waals surface area contributed by atoms with E-state index in [0.717, 1.165) is 12.8 Å². The van der Waals surface area contributed by atoms with E-state index in [-0.39, 0.29) is 11.7 Å². The molecular formula is C6H14O8S3. The molecule has 0 amide bonds. The quantitative estimate of drug-likeness (QED) is 0.640. The first-order valence-corrected chi connectivity index (χ1v) is 9.64. The van der Waals surface area contributed by atoms with Gasteiger partial charge in [-0.25, -0.2) is 8.42 Å². The van der Waals surface area contributed by atoms with Crippen molar-refractivity contribution in [2.75, 3.05) is 17.1 Å². The molecule has 1 rings (SSSR count). The van der Waals surface area contributed by atoms with Crippen molar-refractivity contribution in [1.29, 1.82) is 0 Å². The van der Waals surface area contributed by atoms with E-state index in [1.165, 1.54) is 0 Å². The molecule has 1 aliphatic rings. The van der Waals surface area contributed by atoms with Gasteiger partial charge in [-0.05, 0) is 18.8 Å². The Morgan fingerprint density at radius 1 is 1.00 bits per heavy atom. The normalized spacial score (nSPS) is 17.1.